The van der Waals surface area contributed by atoms with E-state index in [0.29, 0.717) is 10.9 Å². The molecule has 1 aromatic heterocycles. The summed E-state index contributed by atoms with van der Waals surface area (Å²) >= 11 is 1.47. The molecular weight excluding hydrogens is 384 g/mol. The Bertz CT molecular complexity index is 1000. The van der Waals surface area contributed by atoms with E-state index in [1.807, 2.05) is 50.6 Å². The van der Waals surface area contributed by atoms with Crippen LogP contribution in [-0.2, 0) is 0 Å². The number of alkyl halides is 1. The molecule has 2 aromatic carbocycles. The summed E-state index contributed by atoms with van der Waals surface area (Å²) in [6.07, 6.45) is 1.63. The molecule has 3 unspecified atom stereocenters. The number of fused-ring (bicyclic) bond motifs is 1. The quantitative estimate of drug-likeness (QED) is 0.663. The highest BCUT2D eigenvalue weighted by Crippen LogP contribution is 2.34. The van der Waals surface area contributed by atoms with E-state index in [4.69, 9.17) is 10.5 Å². The van der Waals surface area contributed by atoms with Gasteiger partial charge in [-0.3, -0.25) is 5.01 Å². The minimum absolute atomic E-state index is 0.144. The molecule has 0 saturated heterocycles. The third kappa shape index (κ3) is 3.74. The molecule has 1 aliphatic rings. The number of hydrogen-bond acceptors (Lipinski definition) is 7. The lowest BCUT2D eigenvalue weighted by molar-refractivity contribution is 0.0473. The second kappa shape index (κ2) is 6.71. The number of rotatable bonds is 4. The van der Waals surface area contributed by atoms with Gasteiger partial charge in [0.05, 0.1) is 15.9 Å². The summed E-state index contributed by atoms with van der Waals surface area (Å²) in [6.45, 7) is 1.34. The van der Waals surface area contributed by atoms with Gasteiger partial charge in [-0.2, -0.15) is 9.40 Å². The third-order valence-corrected chi connectivity index (χ3v) is 5.12. The molecule has 0 aliphatic carbocycles. The predicted octanol–water partition coefficient (Wildman–Crippen LogP) is 4.17. The standard InChI is InChI=1S/C18H19FN5OPS/c1-18(19,26)25-13-6-4-12(5-7-13)24-10-21-16(23(24)2)11-3-8-14-15(9-11)27-17(20)22-14/h3-10,16H,26H2,1-2H3,(H2,20,22). The van der Waals surface area contributed by atoms with Crippen molar-refractivity contribution < 1.29 is 9.13 Å². The Morgan fingerprint density at radius 3 is 2.70 bits per heavy atom. The van der Waals surface area contributed by atoms with Gasteiger partial charge in [0.25, 0.3) is 5.60 Å². The summed E-state index contributed by atoms with van der Waals surface area (Å²) in [4.78, 5) is 8.92. The maximum absolute atomic E-state index is 13.6. The largest absolute Gasteiger partial charge is 0.455 e. The number of benzene rings is 2. The molecule has 3 atom stereocenters. The molecule has 0 spiro atoms. The van der Waals surface area contributed by atoms with Gasteiger partial charge in [0.1, 0.15) is 18.3 Å². The molecular formula is C18H19FN5OPS. The normalized spacial score (nSPS) is 19.6. The fourth-order valence-corrected chi connectivity index (χ4v) is 3.91. The lowest BCUT2D eigenvalue weighted by Gasteiger charge is -2.28. The highest BCUT2D eigenvalue weighted by Gasteiger charge is 2.27. The van der Waals surface area contributed by atoms with Crippen LogP contribution < -0.4 is 15.5 Å². The van der Waals surface area contributed by atoms with Gasteiger partial charge in [0.15, 0.2) is 5.13 Å². The van der Waals surface area contributed by atoms with Crippen LogP contribution >= 0.6 is 20.6 Å². The number of ether oxygens (including phenoxy) is 1. The predicted molar refractivity (Wildman–Crippen MR) is 112 cm³/mol. The van der Waals surface area contributed by atoms with Gasteiger partial charge >= 0.3 is 0 Å². The van der Waals surface area contributed by atoms with Gasteiger partial charge in [0.2, 0.25) is 0 Å². The van der Waals surface area contributed by atoms with Crippen LogP contribution in [0.1, 0.15) is 18.7 Å². The number of halogens is 1. The number of aliphatic imine (C=N–C) groups is 1. The first kappa shape index (κ1) is 18.1. The second-order valence-corrected chi connectivity index (χ2v) is 8.51. The summed E-state index contributed by atoms with van der Waals surface area (Å²) in [5.41, 5.74) is 6.86. The molecule has 9 heteroatoms. The Kier molecular flexibility index (Phi) is 4.50. The molecule has 0 amide bonds. The molecule has 3 aromatic rings. The van der Waals surface area contributed by atoms with Crippen molar-refractivity contribution >= 4 is 48.0 Å². The van der Waals surface area contributed by atoms with Crippen LogP contribution in [0, 0.1) is 0 Å². The molecule has 27 heavy (non-hydrogen) atoms. The van der Waals surface area contributed by atoms with Crippen molar-refractivity contribution in [3.05, 3.63) is 48.0 Å². The van der Waals surface area contributed by atoms with E-state index in [-0.39, 0.29) is 6.17 Å². The summed E-state index contributed by atoms with van der Waals surface area (Å²) in [5.74, 6) is 0.460. The number of nitrogens with two attached hydrogens (primary N) is 1. The fourth-order valence-electron chi connectivity index (χ4n) is 2.99. The lowest BCUT2D eigenvalue weighted by Crippen LogP contribution is -2.35. The van der Waals surface area contributed by atoms with Crippen molar-refractivity contribution in [2.75, 3.05) is 17.8 Å². The van der Waals surface area contributed by atoms with E-state index in [9.17, 15) is 4.39 Å². The molecule has 0 bridgehead atoms. The Labute approximate surface area is 162 Å². The van der Waals surface area contributed by atoms with Gasteiger partial charge in [-0.05, 0) is 42.0 Å². The number of nitrogen functional groups attached to an aromatic ring is 1. The molecule has 4 rings (SSSR count). The van der Waals surface area contributed by atoms with Crippen molar-refractivity contribution in [1.29, 1.82) is 0 Å². The van der Waals surface area contributed by atoms with Crippen LogP contribution in [0.15, 0.2) is 47.5 Å². The van der Waals surface area contributed by atoms with E-state index in [1.165, 1.54) is 18.3 Å². The summed E-state index contributed by atoms with van der Waals surface area (Å²) < 4.78 is 19.8. The molecule has 2 N–H and O–H groups in total. The van der Waals surface area contributed by atoms with E-state index >= 15 is 0 Å². The Morgan fingerprint density at radius 1 is 1.26 bits per heavy atom. The van der Waals surface area contributed by atoms with E-state index in [1.54, 1.807) is 18.5 Å². The minimum Gasteiger partial charge on any atom is -0.455 e. The van der Waals surface area contributed by atoms with Crippen molar-refractivity contribution in [3.63, 3.8) is 0 Å². The highest BCUT2D eigenvalue weighted by molar-refractivity contribution is 7.22. The maximum atomic E-state index is 13.6. The monoisotopic (exact) mass is 403 g/mol. The zero-order chi connectivity index (χ0) is 19.2. The fraction of sp³-hybridized carbons (Fsp3) is 0.222. The van der Waals surface area contributed by atoms with Crippen LogP contribution in [0.4, 0.5) is 15.2 Å². The summed E-state index contributed by atoms with van der Waals surface area (Å²) in [5, 5.41) is 4.52. The minimum atomic E-state index is -1.79. The zero-order valence-corrected chi connectivity index (χ0v) is 16.8. The van der Waals surface area contributed by atoms with Gasteiger partial charge in [-0.25, -0.2) is 9.98 Å². The Balaban J connectivity index is 1.54. The van der Waals surface area contributed by atoms with E-state index in [0.717, 1.165) is 21.5 Å². The topological polar surface area (TPSA) is 67.0 Å². The van der Waals surface area contributed by atoms with Crippen molar-refractivity contribution in [2.24, 2.45) is 4.99 Å². The number of aromatic nitrogens is 1. The van der Waals surface area contributed by atoms with Crippen molar-refractivity contribution in [3.8, 4) is 5.75 Å². The highest BCUT2D eigenvalue weighted by atomic mass is 32.1. The van der Waals surface area contributed by atoms with Gasteiger partial charge < -0.3 is 10.5 Å². The smallest absolute Gasteiger partial charge is 0.256 e. The van der Waals surface area contributed by atoms with Crippen LogP contribution in [-0.4, -0.2) is 29.0 Å². The molecule has 0 saturated carbocycles. The third-order valence-electron chi connectivity index (χ3n) is 4.16. The van der Waals surface area contributed by atoms with Crippen LogP contribution in [0.3, 0.4) is 0 Å². The molecule has 6 nitrogen and oxygen atoms in total. The molecule has 1 aliphatic heterocycles. The van der Waals surface area contributed by atoms with Crippen LogP contribution in [0.2, 0.25) is 0 Å². The number of hydrazine groups is 1. The summed E-state index contributed by atoms with van der Waals surface area (Å²) in [7, 11) is 3.98. The Hall–Kier alpha value is -2.28. The SMILES string of the molecule is CN1C(c2ccc3nc(N)sc3c2)N=CN1c1ccc(OC(C)(F)P)cc1. The van der Waals surface area contributed by atoms with Crippen molar-refractivity contribution in [1.82, 2.24) is 9.99 Å². The first-order valence-corrected chi connectivity index (χ1v) is 9.68. The van der Waals surface area contributed by atoms with Crippen LogP contribution in [0.25, 0.3) is 10.2 Å². The van der Waals surface area contributed by atoms with Crippen molar-refractivity contribution in [2.45, 2.75) is 18.7 Å². The maximum Gasteiger partial charge on any atom is 0.256 e. The molecule has 140 valence electrons. The van der Waals surface area contributed by atoms with Crippen LogP contribution in [0.5, 0.6) is 5.75 Å². The van der Waals surface area contributed by atoms with Gasteiger partial charge in [0, 0.05) is 14.0 Å². The molecule has 0 radical (unpaired) electrons. The summed E-state index contributed by atoms with van der Waals surface area (Å²) in [6, 6.07) is 13.3. The molecule has 2 heterocycles. The Morgan fingerprint density at radius 2 is 2.00 bits per heavy atom. The first-order chi connectivity index (χ1) is 12.8. The van der Waals surface area contributed by atoms with Gasteiger partial charge in [-0.15, -0.1) is 0 Å². The first-order valence-electron chi connectivity index (χ1n) is 8.28. The van der Waals surface area contributed by atoms with E-state index < -0.39 is 5.60 Å². The average molecular weight is 403 g/mol. The number of thiazole rings is 1. The van der Waals surface area contributed by atoms with Gasteiger partial charge in [-0.1, -0.05) is 26.6 Å². The van der Waals surface area contributed by atoms with E-state index in [2.05, 4.69) is 16.0 Å². The average Bonchev–Trinajstić information content (AvgIpc) is 3.15. The zero-order valence-electron chi connectivity index (χ0n) is 14.8. The molecule has 0 fully saturated rings. The number of nitrogens with zero attached hydrogens (tertiary/aromatic N) is 4. The number of hydrogen-bond donors (Lipinski definition) is 1. The number of anilines is 2. The lowest BCUT2D eigenvalue weighted by atomic mass is 10.1. The second-order valence-electron chi connectivity index (χ2n) is 6.42.